The van der Waals surface area contributed by atoms with Crippen LogP contribution in [0.25, 0.3) is 0 Å². The maximum atomic E-state index is 10.7. The third-order valence-electron chi connectivity index (χ3n) is 3.71. The van der Waals surface area contributed by atoms with Crippen molar-refractivity contribution in [2.45, 2.75) is 97.3 Å². The fourth-order valence-electron chi connectivity index (χ4n) is 2.39. The van der Waals surface area contributed by atoms with Gasteiger partial charge in [-0.1, -0.05) is 71.1 Å². The Morgan fingerprint density at radius 3 is 1.65 bits per heavy atom. The molecule has 0 rings (SSSR count). The molecular weight excluding hydrogens is 248 g/mol. The molecule has 0 aromatic rings. The number of hydrogen-bond donors (Lipinski definition) is 0. The van der Waals surface area contributed by atoms with Crippen molar-refractivity contribution in [1.82, 2.24) is 0 Å². The van der Waals surface area contributed by atoms with Gasteiger partial charge in [0.15, 0.2) is 0 Å². The lowest BCUT2D eigenvalue weighted by Crippen LogP contribution is -1.99. The van der Waals surface area contributed by atoms with Gasteiger partial charge in [-0.2, -0.15) is 0 Å². The Bertz CT molecular complexity index is 202. The van der Waals surface area contributed by atoms with E-state index in [0.29, 0.717) is 6.42 Å². The summed E-state index contributed by atoms with van der Waals surface area (Å²) in [5.74, 6) is 0.267. The lowest BCUT2D eigenvalue weighted by molar-refractivity contribution is -0.117. The van der Waals surface area contributed by atoms with Crippen molar-refractivity contribution < 1.29 is 9.53 Å². The third kappa shape index (κ3) is 17.6. The van der Waals surface area contributed by atoms with Crippen molar-refractivity contribution in [3.05, 3.63) is 0 Å². The highest BCUT2D eigenvalue weighted by molar-refractivity contribution is 5.75. The van der Waals surface area contributed by atoms with Crippen LogP contribution in [0.1, 0.15) is 97.3 Å². The van der Waals surface area contributed by atoms with Crippen molar-refractivity contribution >= 4 is 5.78 Å². The molecule has 0 N–H and O–H groups in total. The van der Waals surface area contributed by atoms with Crippen molar-refractivity contribution in [2.75, 3.05) is 13.2 Å². The third-order valence-corrected chi connectivity index (χ3v) is 3.71. The van der Waals surface area contributed by atoms with E-state index in [1.807, 2.05) is 0 Å². The molecule has 0 spiro atoms. The maximum Gasteiger partial charge on any atom is 0.129 e. The summed E-state index contributed by atoms with van der Waals surface area (Å²) in [5.41, 5.74) is 0. The van der Waals surface area contributed by atoms with Crippen LogP contribution in [-0.4, -0.2) is 19.0 Å². The molecule has 0 aliphatic heterocycles. The van der Waals surface area contributed by atoms with E-state index < -0.39 is 0 Å². The van der Waals surface area contributed by atoms with Crippen LogP contribution in [0.3, 0.4) is 0 Å². The number of rotatable bonds is 16. The maximum absolute atomic E-state index is 10.7. The first kappa shape index (κ1) is 19.6. The topological polar surface area (TPSA) is 26.3 Å². The van der Waals surface area contributed by atoms with Gasteiger partial charge in [0.05, 0.1) is 0 Å². The molecular formula is C18H36O2. The minimum Gasteiger partial charge on any atom is -0.381 e. The molecule has 0 aliphatic rings. The molecule has 20 heavy (non-hydrogen) atoms. The van der Waals surface area contributed by atoms with Crippen molar-refractivity contribution in [3.8, 4) is 0 Å². The summed E-state index contributed by atoms with van der Waals surface area (Å²) >= 11 is 0. The fourth-order valence-corrected chi connectivity index (χ4v) is 2.39. The molecule has 0 aromatic carbocycles. The molecule has 0 atom stereocenters. The van der Waals surface area contributed by atoms with Gasteiger partial charge >= 0.3 is 0 Å². The molecule has 2 heteroatoms. The first-order valence-electron chi connectivity index (χ1n) is 8.84. The van der Waals surface area contributed by atoms with Crippen molar-refractivity contribution in [1.29, 1.82) is 0 Å². The number of carbonyl (C=O) groups excluding carboxylic acids is 1. The lowest BCUT2D eigenvalue weighted by Gasteiger charge is -2.04. The number of ketones is 1. The number of ether oxygens (including phenoxy) is 1. The summed E-state index contributed by atoms with van der Waals surface area (Å²) in [6.07, 6.45) is 16.6. The van der Waals surface area contributed by atoms with Crippen LogP contribution in [0.15, 0.2) is 0 Å². The van der Waals surface area contributed by atoms with Crippen LogP contribution < -0.4 is 0 Å². The minimum atomic E-state index is 0.267. The van der Waals surface area contributed by atoms with E-state index in [2.05, 4.69) is 6.92 Å². The van der Waals surface area contributed by atoms with Gasteiger partial charge < -0.3 is 9.53 Å². The molecule has 0 aliphatic carbocycles. The van der Waals surface area contributed by atoms with Crippen molar-refractivity contribution in [3.63, 3.8) is 0 Å². The summed E-state index contributed by atoms with van der Waals surface area (Å²) < 4.78 is 5.51. The van der Waals surface area contributed by atoms with Crippen LogP contribution >= 0.6 is 0 Å². The summed E-state index contributed by atoms with van der Waals surface area (Å²) in [7, 11) is 0. The zero-order valence-corrected chi connectivity index (χ0v) is 13.9. The second-order valence-corrected chi connectivity index (χ2v) is 5.95. The monoisotopic (exact) mass is 284 g/mol. The highest BCUT2D eigenvalue weighted by Gasteiger charge is 1.95. The van der Waals surface area contributed by atoms with E-state index >= 15 is 0 Å². The van der Waals surface area contributed by atoms with E-state index in [-0.39, 0.29) is 5.78 Å². The lowest BCUT2D eigenvalue weighted by atomic mass is 10.1. The normalized spacial score (nSPS) is 10.9. The van der Waals surface area contributed by atoms with Crippen LogP contribution in [0.4, 0.5) is 0 Å². The molecule has 0 bridgehead atoms. The second kappa shape index (κ2) is 16.7. The van der Waals surface area contributed by atoms with Crippen LogP contribution in [0.2, 0.25) is 0 Å². The number of unbranched alkanes of at least 4 members (excludes halogenated alkanes) is 10. The number of carbonyl (C=O) groups is 1. The Morgan fingerprint density at radius 1 is 0.700 bits per heavy atom. The van der Waals surface area contributed by atoms with Crippen LogP contribution in [-0.2, 0) is 9.53 Å². The standard InChI is InChI=1S/C18H36O2/c1-3-4-5-6-7-8-9-10-11-12-13-16-20-17-14-15-18(2)19/h3-17H2,1-2H3. The number of hydrogen-bond acceptors (Lipinski definition) is 2. The molecule has 0 heterocycles. The Hall–Kier alpha value is -0.370. The summed E-state index contributed by atoms with van der Waals surface area (Å²) in [6.45, 7) is 5.53. The predicted octanol–water partition coefficient (Wildman–Crippen LogP) is 5.68. The molecule has 0 saturated heterocycles. The second-order valence-electron chi connectivity index (χ2n) is 5.95. The van der Waals surface area contributed by atoms with E-state index in [0.717, 1.165) is 19.6 Å². The molecule has 0 amide bonds. The molecule has 0 radical (unpaired) electrons. The largest absolute Gasteiger partial charge is 0.381 e. The van der Waals surface area contributed by atoms with E-state index in [9.17, 15) is 4.79 Å². The first-order chi connectivity index (χ1) is 9.77. The SMILES string of the molecule is CCCCCCCCCCCCCOCCCC(C)=O. The van der Waals surface area contributed by atoms with Gasteiger partial charge in [0, 0.05) is 19.6 Å². The molecule has 2 nitrogen and oxygen atoms in total. The van der Waals surface area contributed by atoms with E-state index in [1.54, 1.807) is 6.92 Å². The minimum absolute atomic E-state index is 0.267. The summed E-state index contributed by atoms with van der Waals surface area (Å²) in [5, 5.41) is 0. The van der Waals surface area contributed by atoms with Crippen LogP contribution in [0.5, 0.6) is 0 Å². The Kier molecular flexibility index (Phi) is 16.4. The smallest absolute Gasteiger partial charge is 0.129 e. The zero-order valence-electron chi connectivity index (χ0n) is 13.9. The molecule has 0 unspecified atom stereocenters. The van der Waals surface area contributed by atoms with Gasteiger partial charge in [-0.15, -0.1) is 0 Å². The highest BCUT2D eigenvalue weighted by atomic mass is 16.5. The molecule has 0 aromatic heterocycles. The summed E-state index contributed by atoms with van der Waals surface area (Å²) in [4.78, 5) is 10.7. The van der Waals surface area contributed by atoms with Crippen LogP contribution in [0, 0.1) is 0 Å². The fraction of sp³-hybridized carbons (Fsp3) is 0.944. The van der Waals surface area contributed by atoms with Gasteiger partial charge in [-0.3, -0.25) is 0 Å². The first-order valence-corrected chi connectivity index (χ1v) is 8.84. The average molecular weight is 284 g/mol. The quantitative estimate of drug-likeness (QED) is 0.341. The predicted molar refractivity (Wildman–Crippen MR) is 87.2 cm³/mol. The van der Waals surface area contributed by atoms with Crippen molar-refractivity contribution in [2.24, 2.45) is 0 Å². The molecule has 120 valence electrons. The summed E-state index contributed by atoms with van der Waals surface area (Å²) in [6, 6.07) is 0. The highest BCUT2D eigenvalue weighted by Crippen LogP contribution is 2.11. The van der Waals surface area contributed by atoms with E-state index in [4.69, 9.17) is 4.74 Å². The molecule has 0 saturated carbocycles. The van der Waals surface area contributed by atoms with Gasteiger partial charge in [0.1, 0.15) is 5.78 Å². The Balaban J connectivity index is 2.94. The van der Waals surface area contributed by atoms with Gasteiger partial charge in [0.25, 0.3) is 0 Å². The van der Waals surface area contributed by atoms with Gasteiger partial charge in [-0.25, -0.2) is 0 Å². The molecule has 0 fully saturated rings. The Morgan fingerprint density at radius 2 is 1.15 bits per heavy atom. The number of Topliss-reactive ketones (excluding diaryl/α,β-unsaturated/α-hetero) is 1. The van der Waals surface area contributed by atoms with E-state index in [1.165, 1.54) is 70.6 Å². The zero-order chi connectivity index (χ0) is 14.9. The van der Waals surface area contributed by atoms with Gasteiger partial charge in [0.2, 0.25) is 0 Å². The average Bonchev–Trinajstić information content (AvgIpc) is 2.43. The Labute approximate surface area is 126 Å². The van der Waals surface area contributed by atoms with Gasteiger partial charge in [-0.05, 0) is 19.8 Å².